The molecule has 1 heterocycles. The molecule has 0 aromatic carbocycles. The van der Waals surface area contributed by atoms with Crippen LogP contribution in [0.3, 0.4) is 0 Å². The highest BCUT2D eigenvalue weighted by Crippen LogP contribution is 2.04. The van der Waals surface area contributed by atoms with Gasteiger partial charge in [-0.25, -0.2) is 0 Å². The maximum atomic E-state index is 4.23. The molecule has 1 aromatic rings. The molecule has 0 amide bonds. The first kappa shape index (κ1) is 11.0. The van der Waals surface area contributed by atoms with Gasteiger partial charge in [0.25, 0.3) is 0 Å². The topological polar surface area (TPSA) is 12.9 Å². The molecule has 0 radical (unpaired) electrons. The SMILES string of the molecule is CCCCCC/C=C/c1ccccn1. The van der Waals surface area contributed by atoms with Crippen molar-refractivity contribution in [2.75, 3.05) is 0 Å². The Morgan fingerprint density at radius 2 is 2.14 bits per heavy atom. The van der Waals surface area contributed by atoms with Crippen LogP contribution in [-0.4, -0.2) is 4.98 Å². The summed E-state index contributed by atoms with van der Waals surface area (Å²) in [5.74, 6) is 0. The van der Waals surface area contributed by atoms with Crippen molar-refractivity contribution < 1.29 is 0 Å². The molecule has 0 N–H and O–H groups in total. The van der Waals surface area contributed by atoms with Crippen molar-refractivity contribution in [3.8, 4) is 0 Å². The third-order valence-electron chi connectivity index (χ3n) is 2.20. The maximum Gasteiger partial charge on any atom is 0.0626 e. The minimum absolute atomic E-state index is 1.06. The first-order valence-electron chi connectivity index (χ1n) is 5.51. The Morgan fingerprint density at radius 1 is 1.21 bits per heavy atom. The molecule has 0 saturated carbocycles. The molecule has 0 fully saturated rings. The zero-order valence-corrected chi connectivity index (χ0v) is 8.95. The summed E-state index contributed by atoms with van der Waals surface area (Å²) in [6.07, 6.45) is 12.7. The van der Waals surface area contributed by atoms with Gasteiger partial charge in [0.15, 0.2) is 0 Å². The first-order valence-corrected chi connectivity index (χ1v) is 5.51. The molecule has 14 heavy (non-hydrogen) atoms. The lowest BCUT2D eigenvalue weighted by molar-refractivity contribution is 0.675. The fourth-order valence-corrected chi connectivity index (χ4v) is 1.37. The molecule has 0 aliphatic rings. The van der Waals surface area contributed by atoms with E-state index in [1.54, 1.807) is 0 Å². The quantitative estimate of drug-likeness (QED) is 0.615. The molecule has 0 spiro atoms. The summed E-state index contributed by atoms with van der Waals surface area (Å²) in [6.45, 7) is 2.24. The second kappa shape index (κ2) is 7.31. The Labute approximate surface area is 86.9 Å². The lowest BCUT2D eigenvalue weighted by Crippen LogP contribution is -1.77. The molecular formula is C13H19N. The monoisotopic (exact) mass is 189 g/mol. The summed E-state index contributed by atoms with van der Waals surface area (Å²) in [6, 6.07) is 5.99. The highest BCUT2D eigenvalue weighted by atomic mass is 14.6. The molecule has 1 aromatic heterocycles. The van der Waals surface area contributed by atoms with Crippen LogP contribution in [0, 0.1) is 0 Å². The van der Waals surface area contributed by atoms with Crippen LogP contribution in [0.15, 0.2) is 30.5 Å². The largest absolute Gasteiger partial charge is 0.257 e. The zero-order valence-electron chi connectivity index (χ0n) is 8.95. The van der Waals surface area contributed by atoms with E-state index in [2.05, 4.69) is 24.1 Å². The summed E-state index contributed by atoms with van der Waals surface area (Å²) in [7, 11) is 0. The van der Waals surface area contributed by atoms with Crippen molar-refractivity contribution in [2.24, 2.45) is 0 Å². The van der Waals surface area contributed by atoms with Crippen molar-refractivity contribution in [2.45, 2.75) is 39.0 Å². The number of hydrogen-bond acceptors (Lipinski definition) is 1. The molecule has 0 unspecified atom stereocenters. The van der Waals surface area contributed by atoms with E-state index < -0.39 is 0 Å². The molecule has 1 nitrogen and oxygen atoms in total. The van der Waals surface area contributed by atoms with Gasteiger partial charge in [-0.15, -0.1) is 0 Å². The highest BCUT2D eigenvalue weighted by molar-refractivity contribution is 5.43. The van der Waals surface area contributed by atoms with E-state index in [0.29, 0.717) is 0 Å². The Morgan fingerprint density at radius 3 is 2.86 bits per heavy atom. The fraction of sp³-hybridized carbons (Fsp3) is 0.462. The van der Waals surface area contributed by atoms with Crippen LogP contribution in [0.25, 0.3) is 6.08 Å². The predicted molar refractivity (Wildman–Crippen MR) is 62.0 cm³/mol. The molecule has 0 atom stereocenters. The van der Waals surface area contributed by atoms with Crippen LogP contribution in [0.5, 0.6) is 0 Å². The minimum atomic E-state index is 1.06. The van der Waals surface area contributed by atoms with E-state index in [0.717, 1.165) is 5.69 Å². The molecule has 0 aliphatic carbocycles. The van der Waals surface area contributed by atoms with Gasteiger partial charge in [0.1, 0.15) is 0 Å². The van der Waals surface area contributed by atoms with Crippen molar-refractivity contribution in [3.05, 3.63) is 36.2 Å². The number of allylic oxidation sites excluding steroid dienone is 1. The Balaban J connectivity index is 2.15. The van der Waals surface area contributed by atoms with Gasteiger partial charge in [-0.05, 0) is 31.1 Å². The van der Waals surface area contributed by atoms with E-state index in [4.69, 9.17) is 0 Å². The van der Waals surface area contributed by atoms with Crippen molar-refractivity contribution in [1.29, 1.82) is 0 Å². The number of unbranched alkanes of at least 4 members (excludes halogenated alkanes) is 4. The Hall–Kier alpha value is -1.11. The summed E-state index contributed by atoms with van der Waals surface area (Å²) >= 11 is 0. The van der Waals surface area contributed by atoms with Gasteiger partial charge in [-0.3, -0.25) is 4.98 Å². The van der Waals surface area contributed by atoms with Gasteiger partial charge in [0.2, 0.25) is 0 Å². The number of nitrogens with zero attached hydrogens (tertiary/aromatic N) is 1. The van der Waals surface area contributed by atoms with Crippen LogP contribution in [0.1, 0.15) is 44.7 Å². The summed E-state index contributed by atoms with van der Waals surface area (Å²) < 4.78 is 0. The number of aromatic nitrogens is 1. The van der Waals surface area contributed by atoms with E-state index in [1.807, 2.05) is 24.4 Å². The number of pyridine rings is 1. The smallest absolute Gasteiger partial charge is 0.0626 e. The molecule has 1 heteroatoms. The normalized spacial score (nSPS) is 10.9. The van der Waals surface area contributed by atoms with Crippen LogP contribution in [-0.2, 0) is 0 Å². The second-order valence-electron chi connectivity index (χ2n) is 3.51. The highest BCUT2D eigenvalue weighted by Gasteiger charge is 1.86. The summed E-state index contributed by atoms with van der Waals surface area (Å²) in [4.78, 5) is 4.23. The van der Waals surface area contributed by atoms with Crippen molar-refractivity contribution in [1.82, 2.24) is 4.98 Å². The van der Waals surface area contributed by atoms with Gasteiger partial charge in [0, 0.05) is 6.20 Å². The molecule has 0 saturated heterocycles. The first-order chi connectivity index (χ1) is 6.93. The molecule has 76 valence electrons. The Kier molecular flexibility index (Phi) is 5.73. The van der Waals surface area contributed by atoms with Gasteiger partial charge >= 0.3 is 0 Å². The van der Waals surface area contributed by atoms with E-state index in [1.165, 1.54) is 32.1 Å². The standard InChI is InChI=1S/C13H19N/c1-2-3-4-5-6-7-10-13-11-8-9-12-14-13/h7-12H,2-6H2,1H3/b10-7+. The van der Waals surface area contributed by atoms with E-state index in [9.17, 15) is 0 Å². The molecule has 0 aliphatic heterocycles. The van der Waals surface area contributed by atoms with Gasteiger partial charge in [-0.2, -0.15) is 0 Å². The van der Waals surface area contributed by atoms with Gasteiger partial charge < -0.3 is 0 Å². The fourth-order valence-electron chi connectivity index (χ4n) is 1.37. The minimum Gasteiger partial charge on any atom is -0.257 e. The third kappa shape index (κ3) is 4.80. The third-order valence-corrected chi connectivity index (χ3v) is 2.20. The average molecular weight is 189 g/mol. The van der Waals surface area contributed by atoms with E-state index >= 15 is 0 Å². The van der Waals surface area contributed by atoms with Crippen molar-refractivity contribution >= 4 is 6.08 Å². The molecule has 0 bridgehead atoms. The summed E-state index contributed by atoms with van der Waals surface area (Å²) in [5, 5.41) is 0. The second-order valence-corrected chi connectivity index (χ2v) is 3.51. The zero-order chi connectivity index (χ0) is 10.1. The van der Waals surface area contributed by atoms with Crippen LogP contribution in [0.4, 0.5) is 0 Å². The van der Waals surface area contributed by atoms with Crippen molar-refractivity contribution in [3.63, 3.8) is 0 Å². The van der Waals surface area contributed by atoms with E-state index in [-0.39, 0.29) is 0 Å². The average Bonchev–Trinajstić information content (AvgIpc) is 2.25. The van der Waals surface area contributed by atoms with Crippen LogP contribution >= 0.6 is 0 Å². The summed E-state index contributed by atoms with van der Waals surface area (Å²) in [5.41, 5.74) is 1.06. The Bertz CT molecular complexity index is 251. The van der Waals surface area contributed by atoms with Gasteiger partial charge in [0.05, 0.1) is 5.69 Å². The number of rotatable bonds is 6. The van der Waals surface area contributed by atoms with Gasteiger partial charge in [-0.1, -0.05) is 38.3 Å². The molecule has 1 rings (SSSR count). The number of hydrogen-bond donors (Lipinski definition) is 0. The lowest BCUT2D eigenvalue weighted by Gasteiger charge is -1.94. The molecular weight excluding hydrogens is 170 g/mol. The maximum absolute atomic E-state index is 4.23. The lowest BCUT2D eigenvalue weighted by atomic mass is 10.1. The van der Waals surface area contributed by atoms with Crippen LogP contribution < -0.4 is 0 Å². The predicted octanol–water partition coefficient (Wildman–Crippen LogP) is 4.07. The van der Waals surface area contributed by atoms with Crippen LogP contribution in [0.2, 0.25) is 0 Å².